The van der Waals surface area contributed by atoms with Gasteiger partial charge in [0.1, 0.15) is 23.1 Å². The molecule has 2 N–H and O–H groups in total. The monoisotopic (exact) mass is 306 g/mol. The fraction of sp³-hybridized carbons (Fsp3) is 0.0714. The second kappa shape index (κ2) is 6.23. The molecule has 108 valence electrons. The van der Waals surface area contributed by atoms with Crippen molar-refractivity contribution in [2.24, 2.45) is 0 Å². The third-order valence-electron chi connectivity index (χ3n) is 2.63. The number of benzene rings is 1. The van der Waals surface area contributed by atoms with Crippen molar-refractivity contribution in [3.8, 4) is 5.75 Å². The molecule has 0 aliphatic carbocycles. The molecule has 1 amide bonds. The van der Waals surface area contributed by atoms with E-state index < -0.39 is 18.4 Å². The van der Waals surface area contributed by atoms with Crippen LogP contribution in [-0.2, 0) is 4.79 Å². The van der Waals surface area contributed by atoms with Crippen molar-refractivity contribution in [1.29, 1.82) is 0 Å². The highest BCUT2D eigenvalue weighted by Crippen LogP contribution is 2.20. The normalized spacial score (nSPS) is 10.1. The van der Waals surface area contributed by atoms with Crippen LogP contribution in [0.5, 0.6) is 5.75 Å². The van der Waals surface area contributed by atoms with E-state index in [0.717, 1.165) is 4.90 Å². The Morgan fingerprint density at radius 3 is 2.38 bits per heavy atom. The van der Waals surface area contributed by atoms with Crippen LogP contribution in [0.4, 0.5) is 5.69 Å². The molecular formula is C14H11ClN2O4. The molecule has 6 nitrogen and oxygen atoms in total. The van der Waals surface area contributed by atoms with Crippen LogP contribution in [0, 0.1) is 0 Å². The first-order valence-electron chi connectivity index (χ1n) is 5.92. The molecule has 21 heavy (non-hydrogen) atoms. The molecule has 0 aliphatic rings. The van der Waals surface area contributed by atoms with E-state index in [0.29, 0.717) is 5.69 Å². The van der Waals surface area contributed by atoms with Gasteiger partial charge in [0.05, 0.1) is 0 Å². The number of hydrogen-bond donors (Lipinski definition) is 2. The van der Waals surface area contributed by atoms with Crippen LogP contribution in [0.1, 0.15) is 10.5 Å². The van der Waals surface area contributed by atoms with Gasteiger partial charge in [0, 0.05) is 5.69 Å². The molecular weight excluding hydrogens is 296 g/mol. The number of carbonyl (C=O) groups is 2. The van der Waals surface area contributed by atoms with Gasteiger partial charge in [0.2, 0.25) is 0 Å². The number of aliphatic carboxylic acids is 1. The Morgan fingerprint density at radius 2 is 1.81 bits per heavy atom. The van der Waals surface area contributed by atoms with Crippen molar-refractivity contribution < 1.29 is 19.8 Å². The van der Waals surface area contributed by atoms with Crippen LogP contribution in [0.2, 0.25) is 5.15 Å². The van der Waals surface area contributed by atoms with E-state index in [4.69, 9.17) is 16.7 Å². The lowest BCUT2D eigenvalue weighted by Gasteiger charge is -2.20. The Labute approximate surface area is 125 Å². The molecule has 0 atom stereocenters. The van der Waals surface area contributed by atoms with E-state index in [2.05, 4.69) is 4.98 Å². The predicted molar refractivity (Wildman–Crippen MR) is 76.7 cm³/mol. The maximum atomic E-state index is 12.4. The number of aromatic nitrogens is 1. The molecule has 2 aromatic rings. The largest absolute Gasteiger partial charge is 0.508 e. The lowest BCUT2D eigenvalue weighted by atomic mass is 10.2. The zero-order chi connectivity index (χ0) is 15.4. The number of amides is 1. The summed E-state index contributed by atoms with van der Waals surface area (Å²) in [4.78, 5) is 28.3. The lowest BCUT2D eigenvalue weighted by molar-refractivity contribution is -0.135. The van der Waals surface area contributed by atoms with Gasteiger partial charge in [-0.3, -0.25) is 14.5 Å². The van der Waals surface area contributed by atoms with Gasteiger partial charge in [-0.15, -0.1) is 0 Å². The van der Waals surface area contributed by atoms with Crippen LogP contribution in [0.3, 0.4) is 0 Å². The van der Waals surface area contributed by atoms with E-state index in [-0.39, 0.29) is 16.6 Å². The maximum Gasteiger partial charge on any atom is 0.323 e. The SMILES string of the molecule is O=C(O)CN(C(=O)c1cccc(Cl)n1)c1ccc(O)cc1. The molecule has 0 saturated carbocycles. The lowest BCUT2D eigenvalue weighted by Crippen LogP contribution is -2.36. The van der Waals surface area contributed by atoms with Crippen LogP contribution in [0.15, 0.2) is 42.5 Å². The summed E-state index contributed by atoms with van der Waals surface area (Å²) in [5.41, 5.74) is 0.374. The number of carboxylic acid groups (broad SMARTS) is 1. The van der Waals surface area contributed by atoms with Gasteiger partial charge in [-0.2, -0.15) is 0 Å². The molecule has 0 bridgehead atoms. The fourth-order valence-corrected chi connectivity index (χ4v) is 1.88. The Kier molecular flexibility index (Phi) is 4.39. The zero-order valence-corrected chi connectivity index (χ0v) is 11.5. The Hall–Kier alpha value is -2.60. The van der Waals surface area contributed by atoms with Crippen molar-refractivity contribution >= 4 is 29.2 Å². The van der Waals surface area contributed by atoms with E-state index in [1.807, 2.05) is 0 Å². The van der Waals surface area contributed by atoms with E-state index in [1.54, 1.807) is 6.07 Å². The van der Waals surface area contributed by atoms with Crippen molar-refractivity contribution in [2.75, 3.05) is 11.4 Å². The number of anilines is 1. The van der Waals surface area contributed by atoms with Crippen molar-refractivity contribution in [3.63, 3.8) is 0 Å². The maximum absolute atomic E-state index is 12.4. The summed E-state index contributed by atoms with van der Waals surface area (Å²) >= 11 is 5.73. The molecule has 0 fully saturated rings. The summed E-state index contributed by atoms with van der Waals surface area (Å²) in [6.07, 6.45) is 0. The molecule has 0 radical (unpaired) electrons. The fourth-order valence-electron chi connectivity index (χ4n) is 1.71. The highest BCUT2D eigenvalue weighted by atomic mass is 35.5. The van der Waals surface area contributed by atoms with Gasteiger partial charge in [-0.1, -0.05) is 17.7 Å². The first-order chi connectivity index (χ1) is 9.97. The number of carboxylic acids is 1. The number of carbonyl (C=O) groups excluding carboxylic acids is 1. The quantitative estimate of drug-likeness (QED) is 0.845. The van der Waals surface area contributed by atoms with E-state index in [1.165, 1.54) is 36.4 Å². The van der Waals surface area contributed by atoms with Crippen LogP contribution in [0.25, 0.3) is 0 Å². The summed E-state index contributed by atoms with van der Waals surface area (Å²) in [5, 5.41) is 18.4. The van der Waals surface area contributed by atoms with Gasteiger partial charge in [0.15, 0.2) is 0 Å². The minimum atomic E-state index is -1.17. The van der Waals surface area contributed by atoms with Crippen molar-refractivity contribution in [1.82, 2.24) is 4.98 Å². The first-order valence-corrected chi connectivity index (χ1v) is 6.30. The average molecular weight is 307 g/mol. The Bertz CT molecular complexity index is 673. The predicted octanol–water partition coefficient (Wildman–Crippen LogP) is 2.17. The smallest absolute Gasteiger partial charge is 0.323 e. The van der Waals surface area contributed by atoms with Crippen LogP contribution in [-0.4, -0.2) is 33.6 Å². The molecule has 1 aromatic carbocycles. The number of nitrogens with zero attached hydrogens (tertiary/aromatic N) is 2. The number of aromatic hydroxyl groups is 1. The second-order valence-electron chi connectivity index (χ2n) is 4.15. The summed E-state index contributed by atoms with van der Waals surface area (Å²) in [6, 6.07) is 10.1. The third-order valence-corrected chi connectivity index (χ3v) is 2.84. The number of hydrogen-bond acceptors (Lipinski definition) is 4. The molecule has 1 aromatic heterocycles. The zero-order valence-electron chi connectivity index (χ0n) is 10.7. The number of rotatable bonds is 4. The molecule has 7 heteroatoms. The number of phenols is 1. The molecule has 0 spiro atoms. The highest BCUT2D eigenvalue weighted by molar-refractivity contribution is 6.29. The van der Waals surface area contributed by atoms with E-state index in [9.17, 15) is 14.7 Å². The first kappa shape index (κ1) is 14.8. The minimum Gasteiger partial charge on any atom is -0.508 e. The molecule has 0 unspecified atom stereocenters. The summed E-state index contributed by atoms with van der Waals surface area (Å²) in [5.74, 6) is -1.74. The average Bonchev–Trinajstić information content (AvgIpc) is 2.45. The van der Waals surface area contributed by atoms with Gasteiger partial charge in [0.25, 0.3) is 5.91 Å². The minimum absolute atomic E-state index is 0.0161. The summed E-state index contributed by atoms with van der Waals surface area (Å²) < 4.78 is 0. The second-order valence-corrected chi connectivity index (χ2v) is 4.53. The number of pyridine rings is 1. The molecule has 2 rings (SSSR count). The standard InChI is InChI=1S/C14H11ClN2O4/c15-12-3-1-2-11(16-12)14(21)17(8-13(19)20)9-4-6-10(18)7-5-9/h1-7,18H,8H2,(H,19,20). The van der Waals surface area contributed by atoms with Crippen LogP contribution >= 0.6 is 11.6 Å². The topological polar surface area (TPSA) is 90.7 Å². The third kappa shape index (κ3) is 3.70. The summed E-state index contributed by atoms with van der Waals surface area (Å²) in [6.45, 7) is -0.530. The van der Waals surface area contributed by atoms with Crippen molar-refractivity contribution in [2.45, 2.75) is 0 Å². The van der Waals surface area contributed by atoms with Gasteiger partial charge < -0.3 is 10.2 Å². The Balaban J connectivity index is 2.38. The molecule has 0 saturated heterocycles. The van der Waals surface area contributed by atoms with Crippen molar-refractivity contribution in [3.05, 3.63) is 53.3 Å². The van der Waals surface area contributed by atoms with Gasteiger partial charge in [-0.05, 0) is 36.4 Å². The highest BCUT2D eigenvalue weighted by Gasteiger charge is 2.21. The van der Waals surface area contributed by atoms with Gasteiger partial charge in [-0.25, -0.2) is 4.98 Å². The number of halogens is 1. The molecule has 0 aliphatic heterocycles. The van der Waals surface area contributed by atoms with E-state index >= 15 is 0 Å². The number of phenolic OH excluding ortho intramolecular Hbond substituents is 1. The summed E-state index contributed by atoms with van der Waals surface area (Å²) in [7, 11) is 0. The van der Waals surface area contributed by atoms with Crippen LogP contribution < -0.4 is 4.90 Å². The molecule has 1 heterocycles. The van der Waals surface area contributed by atoms with Gasteiger partial charge >= 0.3 is 5.97 Å². The Morgan fingerprint density at radius 1 is 1.14 bits per heavy atom.